The summed E-state index contributed by atoms with van der Waals surface area (Å²) < 4.78 is 44.5. The number of nitrogens with one attached hydrogen (secondary N) is 1. The second-order valence-corrected chi connectivity index (χ2v) is 4.52. The highest BCUT2D eigenvalue weighted by molar-refractivity contribution is 5.63. The minimum atomic E-state index is -4.39. The van der Waals surface area contributed by atoms with Crippen molar-refractivity contribution in [1.82, 2.24) is 5.32 Å². The van der Waals surface area contributed by atoms with E-state index in [-0.39, 0.29) is 17.4 Å². The van der Waals surface area contributed by atoms with E-state index in [1.165, 1.54) is 12.1 Å². The molecule has 0 aliphatic rings. The lowest BCUT2D eigenvalue weighted by Gasteiger charge is -2.11. The maximum atomic E-state index is 13.0. The zero-order valence-corrected chi connectivity index (χ0v) is 11.3. The molecule has 0 aliphatic heterocycles. The molecule has 2 nitrogen and oxygen atoms in total. The van der Waals surface area contributed by atoms with Crippen LogP contribution in [0.4, 0.5) is 13.2 Å². The lowest BCUT2D eigenvalue weighted by atomic mass is 10.1. The van der Waals surface area contributed by atoms with Crippen molar-refractivity contribution in [2.45, 2.75) is 26.1 Å². The van der Waals surface area contributed by atoms with Gasteiger partial charge in [-0.25, -0.2) is 0 Å². The van der Waals surface area contributed by atoms with Crippen LogP contribution in [0, 0.1) is 0 Å². The highest BCUT2D eigenvalue weighted by atomic mass is 19.4. The molecule has 2 aromatic rings. The molecule has 108 valence electrons. The van der Waals surface area contributed by atoms with E-state index in [4.69, 9.17) is 4.42 Å². The van der Waals surface area contributed by atoms with Gasteiger partial charge in [0.25, 0.3) is 0 Å². The largest absolute Gasteiger partial charge is 0.459 e. The Balaban J connectivity index is 2.38. The summed E-state index contributed by atoms with van der Waals surface area (Å²) in [6.07, 6.45) is -4.39. The van der Waals surface area contributed by atoms with Gasteiger partial charge in [-0.1, -0.05) is 25.1 Å². The van der Waals surface area contributed by atoms with Crippen molar-refractivity contribution in [1.29, 1.82) is 0 Å². The zero-order chi connectivity index (χ0) is 14.8. The van der Waals surface area contributed by atoms with Gasteiger partial charge in [-0.2, -0.15) is 13.2 Å². The summed E-state index contributed by atoms with van der Waals surface area (Å²) in [7, 11) is 0. The Bertz CT molecular complexity index is 574. The minimum Gasteiger partial charge on any atom is -0.459 e. The molecule has 1 atom stereocenters. The van der Waals surface area contributed by atoms with E-state index < -0.39 is 11.7 Å². The van der Waals surface area contributed by atoms with Crippen LogP contribution < -0.4 is 5.32 Å². The van der Waals surface area contributed by atoms with Gasteiger partial charge in [-0.3, -0.25) is 0 Å². The van der Waals surface area contributed by atoms with Crippen molar-refractivity contribution in [2.75, 3.05) is 6.54 Å². The van der Waals surface area contributed by atoms with E-state index in [0.717, 1.165) is 12.6 Å². The van der Waals surface area contributed by atoms with E-state index in [9.17, 15) is 13.2 Å². The predicted octanol–water partition coefficient (Wildman–Crippen LogP) is 4.64. The van der Waals surface area contributed by atoms with E-state index in [0.29, 0.717) is 5.76 Å². The van der Waals surface area contributed by atoms with Crippen molar-refractivity contribution in [2.24, 2.45) is 0 Å². The summed E-state index contributed by atoms with van der Waals surface area (Å²) in [6.45, 7) is 4.62. The standard InChI is InChI=1S/C15H16F3NO/c1-3-19-10(2)13-8-9-14(20-13)11-6-4-5-7-12(11)15(16,17)18/h4-10,19H,3H2,1-2H3. The minimum absolute atomic E-state index is 0.0354. The molecule has 0 fully saturated rings. The van der Waals surface area contributed by atoms with Crippen LogP contribution in [0.25, 0.3) is 11.3 Å². The second-order valence-electron chi connectivity index (χ2n) is 4.52. The van der Waals surface area contributed by atoms with E-state index in [2.05, 4.69) is 5.32 Å². The van der Waals surface area contributed by atoms with Gasteiger partial charge in [0, 0.05) is 5.56 Å². The van der Waals surface area contributed by atoms with Crippen molar-refractivity contribution >= 4 is 0 Å². The SMILES string of the molecule is CCNC(C)c1ccc(-c2ccccc2C(F)(F)F)o1. The van der Waals surface area contributed by atoms with Crippen LogP contribution in [0.3, 0.4) is 0 Å². The number of furan rings is 1. The maximum absolute atomic E-state index is 13.0. The Labute approximate surface area is 115 Å². The van der Waals surface area contributed by atoms with Crippen LogP contribution >= 0.6 is 0 Å². The van der Waals surface area contributed by atoms with Crippen LogP contribution in [-0.2, 0) is 6.18 Å². The van der Waals surface area contributed by atoms with Gasteiger partial charge in [0.05, 0.1) is 11.6 Å². The summed E-state index contributed by atoms with van der Waals surface area (Å²) in [5, 5.41) is 3.16. The number of alkyl halides is 3. The van der Waals surface area contributed by atoms with Gasteiger partial charge >= 0.3 is 6.18 Å². The summed E-state index contributed by atoms with van der Waals surface area (Å²) in [6, 6.07) is 8.67. The highest BCUT2D eigenvalue weighted by Crippen LogP contribution is 2.37. The summed E-state index contributed by atoms with van der Waals surface area (Å²) in [5.41, 5.74) is -0.619. The zero-order valence-electron chi connectivity index (χ0n) is 11.3. The molecule has 0 amide bonds. The summed E-state index contributed by atoms with van der Waals surface area (Å²) in [4.78, 5) is 0. The monoisotopic (exact) mass is 283 g/mol. The first-order valence-corrected chi connectivity index (χ1v) is 6.43. The fourth-order valence-electron chi connectivity index (χ4n) is 2.08. The van der Waals surface area contributed by atoms with Gasteiger partial charge in [0.15, 0.2) is 0 Å². The van der Waals surface area contributed by atoms with Gasteiger partial charge < -0.3 is 9.73 Å². The average molecular weight is 283 g/mol. The average Bonchev–Trinajstić information content (AvgIpc) is 2.87. The third kappa shape index (κ3) is 3.04. The van der Waals surface area contributed by atoms with E-state index in [1.54, 1.807) is 18.2 Å². The highest BCUT2D eigenvalue weighted by Gasteiger charge is 2.34. The molecule has 1 aromatic carbocycles. The van der Waals surface area contributed by atoms with Crippen LogP contribution in [0.2, 0.25) is 0 Å². The Hall–Kier alpha value is -1.75. The van der Waals surface area contributed by atoms with Crippen molar-refractivity contribution in [3.8, 4) is 11.3 Å². The molecular weight excluding hydrogens is 267 g/mol. The Morgan fingerprint density at radius 2 is 1.85 bits per heavy atom. The number of halogens is 3. The third-order valence-electron chi connectivity index (χ3n) is 3.06. The molecule has 0 radical (unpaired) electrons. The van der Waals surface area contributed by atoms with Crippen LogP contribution in [0.1, 0.15) is 31.2 Å². The van der Waals surface area contributed by atoms with E-state index in [1.807, 2.05) is 13.8 Å². The fourth-order valence-corrected chi connectivity index (χ4v) is 2.08. The van der Waals surface area contributed by atoms with Crippen molar-refractivity contribution in [3.05, 3.63) is 47.7 Å². The lowest BCUT2D eigenvalue weighted by molar-refractivity contribution is -0.137. The number of rotatable bonds is 4. The van der Waals surface area contributed by atoms with Crippen LogP contribution in [0.15, 0.2) is 40.8 Å². The summed E-state index contributed by atoms with van der Waals surface area (Å²) >= 11 is 0. The smallest absolute Gasteiger partial charge is 0.417 e. The number of hydrogen-bond acceptors (Lipinski definition) is 2. The van der Waals surface area contributed by atoms with Crippen molar-refractivity contribution < 1.29 is 17.6 Å². The molecule has 5 heteroatoms. The molecule has 0 bridgehead atoms. The van der Waals surface area contributed by atoms with Gasteiger partial charge in [0.2, 0.25) is 0 Å². The predicted molar refractivity (Wildman–Crippen MR) is 71.2 cm³/mol. The normalized spacial score (nSPS) is 13.4. The Morgan fingerprint density at radius 1 is 1.15 bits per heavy atom. The van der Waals surface area contributed by atoms with E-state index >= 15 is 0 Å². The van der Waals surface area contributed by atoms with Crippen molar-refractivity contribution in [3.63, 3.8) is 0 Å². The quantitative estimate of drug-likeness (QED) is 0.884. The molecule has 0 saturated heterocycles. The molecule has 2 rings (SSSR count). The molecular formula is C15H16F3NO. The first-order valence-electron chi connectivity index (χ1n) is 6.43. The molecule has 0 saturated carbocycles. The first-order chi connectivity index (χ1) is 9.43. The third-order valence-corrected chi connectivity index (χ3v) is 3.06. The molecule has 0 spiro atoms. The fraction of sp³-hybridized carbons (Fsp3) is 0.333. The second kappa shape index (κ2) is 5.71. The Morgan fingerprint density at radius 3 is 2.50 bits per heavy atom. The summed E-state index contributed by atoms with van der Waals surface area (Å²) in [5.74, 6) is 0.858. The first kappa shape index (κ1) is 14.7. The molecule has 1 N–H and O–H groups in total. The van der Waals surface area contributed by atoms with Crippen LogP contribution in [0.5, 0.6) is 0 Å². The molecule has 20 heavy (non-hydrogen) atoms. The molecule has 0 aliphatic carbocycles. The van der Waals surface area contributed by atoms with Gasteiger partial charge in [-0.15, -0.1) is 0 Å². The molecule has 1 heterocycles. The maximum Gasteiger partial charge on any atom is 0.417 e. The number of benzene rings is 1. The topological polar surface area (TPSA) is 25.2 Å². The van der Waals surface area contributed by atoms with Gasteiger partial charge in [-0.05, 0) is 31.7 Å². The molecule has 1 aromatic heterocycles. The van der Waals surface area contributed by atoms with Crippen LogP contribution in [-0.4, -0.2) is 6.54 Å². The van der Waals surface area contributed by atoms with Gasteiger partial charge in [0.1, 0.15) is 11.5 Å². The molecule has 1 unspecified atom stereocenters. The lowest BCUT2D eigenvalue weighted by Crippen LogP contribution is -2.16. The number of hydrogen-bond donors (Lipinski definition) is 1. The Kier molecular flexibility index (Phi) is 4.18.